The summed E-state index contributed by atoms with van der Waals surface area (Å²) in [6.45, 7) is 5.26. The maximum atomic E-state index is 11.7. The quantitative estimate of drug-likeness (QED) is 0.777. The number of thiazole rings is 1. The summed E-state index contributed by atoms with van der Waals surface area (Å²) in [6.07, 6.45) is 8.89. The molecule has 2 fully saturated rings. The summed E-state index contributed by atoms with van der Waals surface area (Å²) < 4.78 is 0. The molecule has 0 unspecified atom stereocenters. The van der Waals surface area contributed by atoms with Crippen LogP contribution in [-0.2, 0) is 6.42 Å². The number of rotatable bonds is 5. The third-order valence-corrected chi connectivity index (χ3v) is 5.55. The molecule has 4 heteroatoms. The molecule has 0 aromatic carbocycles. The number of aromatic nitrogens is 1. The van der Waals surface area contributed by atoms with Crippen LogP contribution in [0, 0.1) is 0 Å². The second-order valence-electron chi connectivity index (χ2n) is 6.16. The number of hydrogen-bond donors (Lipinski definition) is 0. The Hall–Kier alpha value is -0.740. The topological polar surface area (TPSA) is 33.2 Å². The van der Waals surface area contributed by atoms with Crippen molar-refractivity contribution in [2.75, 3.05) is 19.6 Å². The lowest BCUT2D eigenvalue weighted by atomic mass is 10.2. The highest BCUT2D eigenvalue weighted by atomic mass is 32.1. The zero-order valence-corrected chi connectivity index (χ0v) is 13.2. The molecule has 2 aliphatic rings. The van der Waals surface area contributed by atoms with Gasteiger partial charge in [0.25, 0.3) is 0 Å². The molecule has 110 valence electrons. The van der Waals surface area contributed by atoms with Gasteiger partial charge in [-0.05, 0) is 38.8 Å². The fraction of sp³-hybridized carbons (Fsp3) is 0.750. The van der Waals surface area contributed by atoms with E-state index in [2.05, 4.69) is 4.90 Å². The van der Waals surface area contributed by atoms with E-state index in [1.807, 2.05) is 0 Å². The van der Waals surface area contributed by atoms with Gasteiger partial charge in [-0.25, -0.2) is 4.98 Å². The Labute approximate surface area is 125 Å². The first kappa shape index (κ1) is 14.2. The average Bonchev–Trinajstić information content (AvgIpc) is 3.22. The zero-order chi connectivity index (χ0) is 13.9. The second-order valence-corrected chi connectivity index (χ2v) is 7.24. The predicted molar refractivity (Wildman–Crippen MR) is 82.7 cm³/mol. The van der Waals surface area contributed by atoms with E-state index in [4.69, 9.17) is 4.98 Å². The number of carbonyl (C=O) groups excluding carboxylic acids is 1. The van der Waals surface area contributed by atoms with E-state index >= 15 is 0 Å². The maximum Gasteiger partial charge on any atom is 0.171 e. The smallest absolute Gasteiger partial charge is 0.171 e. The predicted octanol–water partition coefficient (Wildman–Crippen LogP) is 3.64. The largest absolute Gasteiger partial charge is 0.303 e. The van der Waals surface area contributed by atoms with Crippen molar-refractivity contribution < 1.29 is 4.79 Å². The number of hydrogen-bond acceptors (Lipinski definition) is 4. The minimum atomic E-state index is 0.199. The molecular formula is C16H24N2OS. The molecule has 1 aliphatic heterocycles. The fourth-order valence-corrected chi connectivity index (χ4v) is 4.02. The van der Waals surface area contributed by atoms with Gasteiger partial charge in [-0.1, -0.05) is 12.8 Å². The van der Waals surface area contributed by atoms with Gasteiger partial charge in [0.15, 0.2) is 5.78 Å². The van der Waals surface area contributed by atoms with Gasteiger partial charge in [0, 0.05) is 25.8 Å². The van der Waals surface area contributed by atoms with Crippen molar-refractivity contribution in [1.82, 2.24) is 9.88 Å². The van der Waals surface area contributed by atoms with Gasteiger partial charge < -0.3 is 4.90 Å². The van der Waals surface area contributed by atoms with Crippen molar-refractivity contribution in [3.8, 4) is 0 Å². The molecule has 0 spiro atoms. The lowest BCUT2D eigenvalue weighted by Crippen LogP contribution is -2.26. The minimum Gasteiger partial charge on any atom is -0.303 e. The van der Waals surface area contributed by atoms with Crippen LogP contribution < -0.4 is 0 Å². The van der Waals surface area contributed by atoms with E-state index in [0.717, 1.165) is 23.5 Å². The molecule has 1 aromatic heterocycles. The highest BCUT2D eigenvalue weighted by Crippen LogP contribution is 2.42. The zero-order valence-electron chi connectivity index (χ0n) is 12.4. The van der Waals surface area contributed by atoms with Gasteiger partial charge in [0.05, 0.1) is 15.6 Å². The van der Waals surface area contributed by atoms with Gasteiger partial charge in [-0.3, -0.25) is 4.79 Å². The first-order chi connectivity index (χ1) is 9.74. The van der Waals surface area contributed by atoms with Gasteiger partial charge in [0.2, 0.25) is 0 Å². The van der Waals surface area contributed by atoms with Crippen molar-refractivity contribution in [2.24, 2.45) is 0 Å². The van der Waals surface area contributed by atoms with Crippen molar-refractivity contribution in [2.45, 2.75) is 57.8 Å². The molecule has 2 heterocycles. The lowest BCUT2D eigenvalue weighted by Gasteiger charge is -2.18. The Morgan fingerprint density at radius 2 is 1.95 bits per heavy atom. The van der Waals surface area contributed by atoms with Crippen LogP contribution in [0.3, 0.4) is 0 Å². The summed E-state index contributed by atoms with van der Waals surface area (Å²) in [5.41, 5.74) is 1.10. The summed E-state index contributed by atoms with van der Waals surface area (Å²) >= 11 is 1.64. The molecule has 3 rings (SSSR count). The molecular weight excluding hydrogens is 268 g/mol. The second kappa shape index (κ2) is 6.35. The Morgan fingerprint density at radius 3 is 2.55 bits per heavy atom. The van der Waals surface area contributed by atoms with Crippen molar-refractivity contribution in [3.63, 3.8) is 0 Å². The molecule has 1 saturated carbocycles. The van der Waals surface area contributed by atoms with E-state index in [-0.39, 0.29) is 5.78 Å². The number of ketones is 1. The molecule has 20 heavy (non-hydrogen) atoms. The lowest BCUT2D eigenvalue weighted by molar-refractivity contribution is 0.102. The summed E-state index contributed by atoms with van der Waals surface area (Å²) in [7, 11) is 0. The Kier molecular flexibility index (Phi) is 4.51. The van der Waals surface area contributed by atoms with Gasteiger partial charge in [-0.15, -0.1) is 11.3 Å². The number of carbonyl (C=O) groups is 1. The van der Waals surface area contributed by atoms with Crippen molar-refractivity contribution >= 4 is 17.1 Å². The SMILES string of the molecule is CC(=O)c1sc(CCN2CCCCCC2)nc1C1CC1. The number of Topliss-reactive ketones (excluding diaryl/α,β-unsaturated/α-hetero) is 1. The van der Waals surface area contributed by atoms with Crippen LogP contribution in [0.4, 0.5) is 0 Å². The van der Waals surface area contributed by atoms with Gasteiger partial charge in [-0.2, -0.15) is 0 Å². The summed E-state index contributed by atoms with van der Waals surface area (Å²) in [5.74, 6) is 0.780. The Morgan fingerprint density at radius 1 is 1.25 bits per heavy atom. The molecule has 1 aliphatic carbocycles. The molecule has 0 bridgehead atoms. The fourth-order valence-electron chi connectivity index (χ4n) is 2.98. The monoisotopic (exact) mass is 292 g/mol. The molecule has 0 amide bonds. The molecule has 0 atom stereocenters. The summed E-state index contributed by atoms with van der Waals surface area (Å²) in [4.78, 5) is 20.0. The molecule has 1 saturated heterocycles. The highest BCUT2D eigenvalue weighted by Gasteiger charge is 2.30. The minimum absolute atomic E-state index is 0.199. The van der Waals surface area contributed by atoms with E-state index in [1.165, 1.54) is 56.6 Å². The summed E-state index contributed by atoms with van der Waals surface area (Å²) in [5, 5.41) is 1.17. The van der Waals surface area contributed by atoms with Crippen LogP contribution in [0.25, 0.3) is 0 Å². The van der Waals surface area contributed by atoms with Crippen LogP contribution in [0.1, 0.15) is 71.7 Å². The molecule has 0 radical (unpaired) electrons. The first-order valence-electron chi connectivity index (χ1n) is 7.97. The standard InChI is InChI=1S/C16H24N2OS/c1-12(19)16-15(13-6-7-13)17-14(20-16)8-11-18-9-4-2-3-5-10-18/h13H,2-11H2,1H3. The van der Waals surface area contributed by atoms with Crippen LogP contribution in [0.2, 0.25) is 0 Å². The van der Waals surface area contributed by atoms with E-state index < -0.39 is 0 Å². The van der Waals surface area contributed by atoms with Crippen LogP contribution in [0.5, 0.6) is 0 Å². The van der Waals surface area contributed by atoms with E-state index in [1.54, 1.807) is 18.3 Å². The maximum absolute atomic E-state index is 11.7. The third kappa shape index (κ3) is 3.47. The third-order valence-electron chi connectivity index (χ3n) is 4.32. The Bertz CT molecular complexity index is 471. The van der Waals surface area contributed by atoms with Gasteiger partial charge >= 0.3 is 0 Å². The molecule has 0 N–H and O–H groups in total. The Balaban J connectivity index is 1.62. The molecule has 1 aromatic rings. The van der Waals surface area contributed by atoms with Crippen molar-refractivity contribution in [3.05, 3.63) is 15.6 Å². The van der Waals surface area contributed by atoms with Crippen LogP contribution in [-0.4, -0.2) is 35.3 Å². The highest BCUT2D eigenvalue weighted by molar-refractivity contribution is 7.13. The molecule has 3 nitrogen and oxygen atoms in total. The summed E-state index contributed by atoms with van der Waals surface area (Å²) in [6, 6.07) is 0. The van der Waals surface area contributed by atoms with Gasteiger partial charge in [0.1, 0.15) is 0 Å². The number of nitrogens with zero attached hydrogens (tertiary/aromatic N) is 2. The van der Waals surface area contributed by atoms with E-state index in [0.29, 0.717) is 5.92 Å². The van der Waals surface area contributed by atoms with Crippen LogP contribution in [0.15, 0.2) is 0 Å². The van der Waals surface area contributed by atoms with Crippen molar-refractivity contribution in [1.29, 1.82) is 0 Å². The van der Waals surface area contributed by atoms with E-state index in [9.17, 15) is 4.79 Å². The average molecular weight is 292 g/mol. The number of likely N-dealkylation sites (tertiary alicyclic amines) is 1. The normalized spacial score (nSPS) is 20.9. The van der Waals surface area contributed by atoms with Crippen LogP contribution >= 0.6 is 11.3 Å². The first-order valence-corrected chi connectivity index (χ1v) is 8.78.